The van der Waals surface area contributed by atoms with Gasteiger partial charge in [0.2, 0.25) is 0 Å². The van der Waals surface area contributed by atoms with Gasteiger partial charge in [-0.3, -0.25) is 4.79 Å². The van der Waals surface area contributed by atoms with Crippen LogP contribution in [0, 0.1) is 0 Å². The van der Waals surface area contributed by atoms with Crippen molar-refractivity contribution in [3.63, 3.8) is 0 Å². The van der Waals surface area contributed by atoms with Crippen molar-refractivity contribution in [2.75, 3.05) is 0 Å². The Balaban J connectivity index is 1.63. The molecular formula is C20H19NO2S2. The third kappa shape index (κ3) is 4.94. The highest BCUT2D eigenvalue weighted by Crippen LogP contribution is 2.27. The number of nitrogens with one attached hydrogen (secondary N) is 1. The minimum atomic E-state index is -0.140. The minimum absolute atomic E-state index is 0.140. The molecule has 0 radical (unpaired) electrons. The lowest BCUT2D eigenvalue weighted by molar-refractivity contribution is -0.115. The van der Waals surface area contributed by atoms with Gasteiger partial charge in [-0.05, 0) is 54.3 Å². The number of hydrogen-bond acceptors (Lipinski definition) is 4. The van der Waals surface area contributed by atoms with Gasteiger partial charge in [0.25, 0.3) is 5.91 Å². The highest BCUT2D eigenvalue weighted by molar-refractivity contribution is 8.26. The van der Waals surface area contributed by atoms with Gasteiger partial charge in [0, 0.05) is 0 Å². The molecule has 0 spiro atoms. The molecule has 0 bridgehead atoms. The number of carbonyl (C=O) groups excluding carboxylic acids is 1. The standard InChI is InChI=1S/C20H19NO2S2/c1-2-3-4-14-5-9-16(10-6-14)23-17-11-7-15(8-12-17)13-18-19(22)21-20(24)25-18/h5-13H,2-4H2,1H3,(H,21,22,24). The molecule has 0 unspecified atom stereocenters. The first-order valence-electron chi connectivity index (χ1n) is 8.26. The van der Waals surface area contributed by atoms with Gasteiger partial charge in [0.15, 0.2) is 0 Å². The lowest BCUT2D eigenvalue weighted by Gasteiger charge is -2.07. The van der Waals surface area contributed by atoms with E-state index in [0.29, 0.717) is 9.23 Å². The lowest BCUT2D eigenvalue weighted by Crippen LogP contribution is -2.17. The molecule has 3 nitrogen and oxygen atoms in total. The summed E-state index contributed by atoms with van der Waals surface area (Å²) < 4.78 is 6.37. The summed E-state index contributed by atoms with van der Waals surface area (Å²) in [5, 5.41) is 2.61. The average molecular weight is 370 g/mol. The summed E-state index contributed by atoms with van der Waals surface area (Å²) in [6.07, 6.45) is 5.34. The second-order valence-electron chi connectivity index (χ2n) is 5.77. The molecular weight excluding hydrogens is 350 g/mol. The second kappa shape index (κ2) is 8.32. The maximum Gasteiger partial charge on any atom is 0.263 e. The van der Waals surface area contributed by atoms with Crippen molar-refractivity contribution in [3.05, 3.63) is 64.6 Å². The summed E-state index contributed by atoms with van der Waals surface area (Å²) in [4.78, 5) is 12.3. The van der Waals surface area contributed by atoms with Gasteiger partial charge in [-0.15, -0.1) is 0 Å². The molecule has 0 aromatic heterocycles. The minimum Gasteiger partial charge on any atom is -0.457 e. The zero-order valence-electron chi connectivity index (χ0n) is 14.0. The summed E-state index contributed by atoms with van der Waals surface area (Å²) in [5.41, 5.74) is 2.27. The normalized spacial score (nSPS) is 15.5. The first-order chi connectivity index (χ1) is 12.1. The van der Waals surface area contributed by atoms with E-state index in [1.54, 1.807) is 0 Å². The van der Waals surface area contributed by atoms with Gasteiger partial charge in [0.05, 0.1) is 4.91 Å². The molecule has 2 aromatic carbocycles. The van der Waals surface area contributed by atoms with Crippen LogP contribution in [0.15, 0.2) is 53.4 Å². The van der Waals surface area contributed by atoms with E-state index in [0.717, 1.165) is 23.5 Å². The topological polar surface area (TPSA) is 38.3 Å². The SMILES string of the molecule is CCCCc1ccc(Oc2ccc(C=C3SC(=S)NC3=O)cc2)cc1. The molecule has 1 aliphatic rings. The molecule has 1 aliphatic heterocycles. The van der Waals surface area contributed by atoms with Crippen LogP contribution < -0.4 is 10.1 Å². The second-order valence-corrected chi connectivity index (χ2v) is 7.49. The Labute approximate surface area is 157 Å². The van der Waals surface area contributed by atoms with E-state index in [4.69, 9.17) is 17.0 Å². The van der Waals surface area contributed by atoms with Crippen LogP contribution in [0.4, 0.5) is 0 Å². The molecule has 1 fully saturated rings. The van der Waals surface area contributed by atoms with Crippen LogP contribution in [0.3, 0.4) is 0 Å². The first kappa shape index (κ1) is 17.7. The van der Waals surface area contributed by atoms with Gasteiger partial charge in [-0.1, -0.05) is 61.6 Å². The number of rotatable bonds is 6. The van der Waals surface area contributed by atoms with Gasteiger partial charge in [-0.25, -0.2) is 0 Å². The third-order valence-electron chi connectivity index (χ3n) is 3.80. The zero-order chi connectivity index (χ0) is 17.6. The Morgan fingerprint density at radius 3 is 2.28 bits per heavy atom. The van der Waals surface area contributed by atoms with Crippen molar-refractivity contribution >= 4 is 40.3 Å². The molecule has 1 heterocycles. The fourth-order valence-corrected chi connectivity index (χ4v) is 3.49. The van der Waals surface area contributed by atoms with Gasteiger partial charge in [0.1, 0.15) is 15.8 Å². The van der Waals surface area contributed by atoms with Crippen LogP contribution in [-0.2, 0) is 11.2 Å². The van der Waals surface area contributed by atoms with E-state index in [9.17, 15) is 4.79 Å². The van der Waals surface area contributed by atoms with Crippen LogP contribution >= 0.6 is 24.0 Å². The van der Waals surface area contributed by atoms with Crippen LogP contribution in [0.2, 0.25) is 0 Å². The summed E-state index contributed by atoms with van der Waals surface area (Å²) in [6.45, 7) is 2.20. The van der Waals surface area contributed by atoms with Crippen molar-refractivity contribution < 1.29 is 9.53 Å². The molecule has 5 heteroatoms. The molecule has 2 aromatic rings. The molecule has 0 atom stereocenters. The van der Waals surface area contributed by atoms with Crippen molar-refractivity contribution in [1.82, 2.24) is 5.32 Å². The van der Waals surface area contributed by atoms with E-state index >= 15 is 0 Å². The number of aryl methyl sites for hydroxylation is 1. The van der Waals surface area contributed by atoms with Crippen LogP contribution in [0.1, 0.15) is 30.9 Å². The molecule has 1 amide bonds. The first-order valence-corrected chi connectivity index (χ1v) is 9.48. The van der Waals surface area contributed by atoms with Crippen molar-refractivity contribution in [3.8, 4) is 11.5 Å². The number of thioether (sulfide) groups is 1. The van der Waals surface area contributed by atoms with Gasteiger partial charge in [-0.2, -0.15) is 0 Å². The molecule has 25 heavy (non-hydrogen) atoms. The summed E-state index contributed by atoms with van der Waals surface area (Å²) in [6, 6.07) is 15.9. The van der Waals surface area contributed by atoms with Crippen LogP contribution in [0.25, 0.3) is 6.08 Å². The predicted octanol–water partition coefficient (Wildman–Crippen LogP) is 5.31. The fourth-order valence-electron chi connectivity index (χ4n) is 2.45. The van der Waals surface area contributed by atoms with E-state index in [1.807, 2.05) is 42.5 Å². The van der Waals surface area contributed by atoms with Crippen molar-refractivity contribution in [2.24, 2.45) is 0 Å². The summed E-state index contributed by atoms with van der Waals surface area (Å²) in [7, 11) is 0. The number of thiocarbonyl (C=S) groups is 1. The van der Waals surface area contributed by atoms with Gasteiger partial charge >= 0.3 is 0 Å². The van der Waals surface area contributed by atoms with E-state index < -0.39 is 0 Å². The Hall–Kier alpha value is -2.11. The van der Waals surface area contributed by atoms with Gasteiger partial charge < -0.3 is 10.1 Å². The molecule has 128 valence electrons. The molecule has 3 rings (SSSR count). The van der Waals surface area contributed by atoms with Crippen molar-refractivity contribution in [2.45, 2.75) is 26.2 Å². The largest absolute Gasteiger partial charge is 0.457 e. The number of hydrogen-bond donors (Lipinski definition) is 1. The summed E-state index contributed by atoms with van der Waals surface area (Å²) >= 11 is 6.27. The van der Waals surface area contributed by atoms with Crippen molar-refractivity contribution in [1.29, 1.82) is 0 Å². The maximum atomic E-state index is 11.7. The van der Waals surface area contributed by atoms with E-state index in [-0.39, 0.29) is 5.91 Å². The number of carbonyl (C=O) groups is 1. The van der Waals surface area contributed by atoms with Crippen LogP contribution in [-0.4, -0.2) is 10.2 Å². The number of amides is 1. The molecule has 0 saturated carbocycles. The molecule has 0 aliphatic carbocycles. The number of unbranched alkanes of at least 4 members (excludes halogenated alkanes) is 1. The Kier molecular flexibility index (Phi) is 5.89. The highest BCUT2D eigenvalue weighted by Gasteiger charge is 2.21. The molecule has 1 N–H and O–H groups in total. The maximum absolute atomic E-state index is 11.7. The highest BCUT2D eigenvalue weighted by atomic mass is 32.2. The quantitative estimate of drug-likeness (QED) is 0.553. The Morgan fingerprint density at radius 2 is 1.72 bits per heavy atom. The number of benzene rings is 2. The third-order valence-corrected chi connectivity index (χ3v) is 4.96. The smallest absolute Gasteiger partial charge is 0.263 e. The Bertz CT molecular complexity index is 795. The average Bonchev–Trinajstić information content (AvgIpc) is 2.93. The summed E-state index contributed by atoms with van der Waals surface area (Å²) in [5.74, 6) is 1.45. The van der Waals surface area contributed by atoms with E-state index in [1.165, 1.54) is 30.2 Å². The lowest BCUT2D eigenvalue weighted by atomic mass is 10.1. The molecule has 1 saturated heterocycles. The Morgan fingerprint density at radius 1 is 1.08 bits per heavy atom. The number of ether oxygens (including phenoxy) is 1. The zero-order valence-corrected chi connectivity index (χ0v) is 15.6. The monoisotopic (exact) mass is 369 g/mol. The predicted molar refractivity (Wildman–Crippen MR) is 108 cm³/mol. The van der Waals surface area contributed by atoms with Crippen LogP contribution in [0.5, 0.6) is 11.5 Å². The fraction of sp³-hybridized carbons (Fsp3) is 0.200. The van der Waals surface area contributed by atoms with E-state index in [2.05, 4.69) is 24.4 Å².